The molecule has 0 unspecified atom stereocenters. The number of piperidine rings is 1. The first kappa shape index (κ1) is 14.7. The first-order chi connectivity index (χ1) is 9.57. The lowest BCUT2D eigenvalue weighted by Gasteiger charge is -2.28. The Labute approximate surface area is 118 Å². The summed E-state index contributed by atoms with van der Waals surface area (Å²) in [5.74, 6) is 0.614. The summed E-state index contributed by atoms with van der Waals surface area (Å²) in [7, 11) is -1.96. The van der Waals surface area contributed by atoms with Crippen LogP contribution in [-0.4, -0.2) is 45.0 Å². The lowest BCUT2D eigenvalue weighted by Crippen LogP contribution is -2.39. The minimum Gasteiger partial charge on any atom is -0.497 e. The number of rotatable bonds is 4. The number of ether oxygens (including phenoxy) is 1. The van der Waals surface area contributed by atoms with E-state index in [9.17, 15) is 13.2 Å². The topological polar surface area (TPSA) is 76.0 Å². The normalized spacial score (nSPS) is 17.4. The van der Waals surface area contributed by atoms with Crippen LogP contribution in [0.4, 0.5) is 0 Å². The molecular weight excluding hydrogens is 280 g/mol. The molecule has 108 valence electrons. The molecule has 20 heavy (non-hydrogen) atoms. The second kappa shape index (κ2) is 6.17. The van der Waals surface area contributed by atoms with Gasteiger partial charge in [-0.15, -0.1) is 0 Å². The molecule has 0 spiro atoms. The van der Waals surface area contributed by atoms with Crippen LogP contribution in [0.1, 0.15) is 12.8 Å². The minimum absolute atomic E-state index is 0.116. The average Bonchev–Trinajstić information content (AvgIpc) is 2.48. The molecule has 0 aromatic heterocycles. The summed E-state index contributed by atoms with van der Waals surface area (Å²) in [5.41, 5.74) is 0. The summed E-state index contributed by atoms with van der Waals surface area (Å²) in [6, 6.07) is 6.19. The molecule has 1 fully saturated rings. The summed E-state index contributed by atoms with van der Waals surface area (Å²) >= 11 is 0. The zero-order chi connectivity index (χ0) is 14.6. The molecule has 1 heterocycles. The maximum atomic E-state index is 12.4. The molecule has 7 heteroatoms. The van der Waals surface area contributed by atoms with Crippen molar-refractivity contribution in [1.29, 1.82) is 0 Å². The van der Waals surface area contributed by atoms with Crippen molar-refractivity contribution in [2.75, 3.05) is 20.2 Å². The van der Waals surface area contributed by atoms with Gasteiger partial charge in [0.15, 0.2) is 0 Å². The van der Waals surface area contributed by atoms with Crippen LogP contribution in [0.5, 0.6) is 5.75 Å². The van der Waals surface area contributed by atoms with Gasteiger partial charge in [0.1, 0.15) is 5.75 Å². The SMILES string of the molecule is COc1ccc(S(=O)(=O)N2CCC(N=C=O)CC2)cc1. The zero-order valence-electron chi connectivity index (χ0n) is 11.2. The summed E-state index contributed by atoms with van der Waals surface area (Å²) in [4.78, 5) is 14.1. The first-order valence-electron chi connectivity index (χ1n) is 6.29. The predicted octanol–water partition coefficient (Wildman–Crippen LogP) is 1.18. The quantitative estimate of drug-likeness (QED) is 0.617. The Kier molecular flexibility index (Phi) is 4.54. The Balaban J connectivity index is 2.12. The third kappa shape index (κ3) is 3.07. The second-order valence-corrected chi connectivity index (χ2v) is 6.47. The van der Waals surface area contributed by atoms with Crippen LogP contribution in [0.15, 0.2) is 34.2 Å². The molecule has 0 aliphatic carbocycles. The van der Waals surface area contributed by atoms with Crippen molar-refractivity contribution in [3.63, 3.8) is 0 Å². The Hall–Kier alpha value is -1.69. The van der Waals surface area contributed by atoms with Gasteiger partial charge in [0.05, 0.1) is 18.0 Å². The molecule has 0 bridgehead atoms. The number of isocyanates is 1. The highest BCUT2D eigenvalue weighted by Crippen LogP contribution is 2.23. The highest BCUT2D eigenvalue weighted by molar-refractivity contribution is 7.89. The van der Waals surface area contributed by atoms with E-state index in [0.717, 1.165) is 0 Å². The maximum Gasteiger partial charge on any atom is 0.243 e. The number of hydrogen-bond donors (Lipinski definition) is 0. The zero-order valence-corrected chi connectivity index (χ0v) is 12.0. The molecule has 0 N–H and O–H groups in total. The van der Waals surface area contributed by atoms with E-state index < -0.39 is 10.0 Å². The number of sulfonamides is 1. The van der Waals surface area contributed by atoms with Gasteiger partial charge in [-0.1, -0.05) is 0 Å². The second-order valence-electron chi connectivity index (χ2n) is 4.53. The first-order valence-corrected chi connectivity index (χ1v) is 7.73. The van der Waals surface area contributed by atoms with Crippen molar-refractivity contribution in [2.45, 2.75) is 23.8 Å². The standard InChI is InChI=1S/C13H16N2O4S/c1-19-12-2-4-13(5-3-12)20(17,18)15-8-6-11(7-9-15)14-10-16/h2-5,11H,6-9H2,1H3. The molecule has 0 atom stereocenters. The van der Waals surface area contributed by atoms with Gasteiger partial charge < -0.3 is 4.74 Å². The average molecular weight is 296 g/mol. The van der Waals surface area contributed by atoms with Gasteiger partial charge in [0.2, 0.25) is 16.1 Å². The molecule has 1 aromatic rings. The van der Waals surface area contributed by atoms with Crippen molar-refractivity contribution in [3.05, 3.63) is 24.3 Å². The largest absolute Gasteiger partial charge is 0.497 e. The van der Waals surface area contributed by atoms with Gasteiger partial charge in [-0.05, 0) is 37.1 Å². The lowest BCUT2D eigenvalue weighted by atomic mass is 10.1. The van der Waals surface area contributed by atoms with Crippen LogP contribution in [0.25, 0.3) is 0 Å². The molecule has 1 saturated heterocycles. The number of hydrogen-bond acceptors (Lipinski definition) is 5. The van der Waals surface area contributed by atoms with Gasteiger partial charge in [0, 0.05) is 13.1 Å². The molecule has 0 amide bonds. The van der Waals surface area contributed by atoms with Gasteiger partial charge in [-0.3, -0.25) is 0 Å². The van der Waals surface area contributed by atoms with E-state index in [1.54, 1.807) is 12.1 Å². The van der Waals surface area contributed by atoms with E-state index >= 15 is 0 Å². The summed E-state index contributed by atoms with van der Waals surface area (Å²) in [6.07, 6.45) is 2.62. The number of methoxy groups -OCH3 is 1. The van der Waals surface area contributed by atoms with Gasteiger partial charge in [-0.25, -0.2) is 18.2 Å². The monoisotopic (exact) mass is 296 g/mol. The van der Waals surface area contributed by atoms with E-state index in [2.05, 4.69) is 4.99 Å². The van der Waals surface area contributed by atoms with Crippen molar-refractivity contribution < 1.29 is 17.9 Å². The van der Waals surface area contributed by atoms with E-state index in [-0.39, 0.29) is 10.9 Å². The Morgan fingerprint density at radius 1 is 1.25 bits per heavy atom. The fraction of sp³-hybridized carbons (Fsp3) is 0.462. The van der Waals surface area contributed by atoms with Crippen LogP contribution in [-0.2, 0) is 14.8 Å². The molecule has 1 aromatic carbocycles. The van der Waals surface area contributed by atoms with Gasteiger partial charge in [0.25, 0.3) is 0 Å². The molecule has 0 radical (unpaired) electrons. The molecule has 1 aliphatic rings. The third-order valence-corrected chi connectivity index (χ3v) is 5.27. The summed E-state index contributed by atoms with van der Waals surface area (Å²) < 4.78 is 31.3. The molecule has 0 saturated carbocycles. The Bertz CT molecular complexity index is 598. The molecule has 2 rings (SSSR count). The van der Waals surface area contributed by atoms with Crippen molar-refractivity contribution in [3.8, 4) is 5.75 Å². The van der Waals surface area contributed by atoms with Crippen molar-refractivity contribution >= 4 is 16.1 Å². The summed E-state index contributed by atoms with van der Waals surface area (Å²) in [5, 5.41) is 0. The fourth-order valence-corrected chi connectivity index (χ4v) is 3.65. The number of carbonyl (C=O) groups excluding carboxylic acids is 1. The number of aliphatic imine (C=N–C) groups is 1. The Morgan fingerprint density at radius 3 is 2.35 bits per heavy atom. The molecule has 6 nitrogen and oxygen atoms in total. The third-order valence-electron chi connectivity index (χ3n) is 3.36. The van der Waals surface area contributed by atoms with Crippen LogP contribution in [0.2, 0.25) is 0 Å². The highest BCUT2D eigenvalue weighted by Gasteiger charge is 2.29. The van der Waals surface area contributed by atoms with Crippen LogP contribution >= 0.6 is 0 Å². The van der Waals surface area contributed by atoms with Crippen LogP contribution < -0.4 is 4.74 Å². The van der Waals surface area contributed by atoms with Crippen molar-refractivity contribution in [2.24, 2.45) is 4.99 Å². The lowest BCUT2D eigenvalue weighted by molar-refractivity contribution is 0.320. The van der Waals surface area contributed by atoms with E-state index in [4.69, 9.17) is 4.74 Å². The van der Waals surface area contributed by atoms with E-state index in [1.165, 1.54) is 29.6 Å². The van der Waals surface area contributed by atoms with Gasteiger partial charge in [-0.2, -0.15) is 4.31 Å². The maximum absolute atomic E-state index is 12.4. The van der Waals surface area contributed by atoms with E-state index in [0.29, 0.717) is 31.7 Å². The number of benzene rings is 1. The fourth-order valence-electron chi connectivity index (χ4n) is 2.18. The smallest absolute Gasteiger partial charge is 0.243 e. The van der Waals surface area contributed by atoms with Gasteiger partial charge >= 0.3 is 0 Å². The molecular formula is C13H16N2O4S. The van der Waals surface area contributed by atoms with E-state index in [1.807, 2.05) is 0 Å². The Morgan fingerprint density at radius 2 is 1.85 bits per heavy atom. The minimum atomic E-state index is -3.49. The highest BCUT2D eigenvalue weighted by atomic mass is 32.2. The van der Waals surface area contributed by atoms with Crippen molar-refractivity contribution in [1.82, 2.24) is 4.31 Å². The van der Waals surface area contributed by atoms with Crippen LogP contribution in [0.3, 0.4) is 0 Å². The summed E-state index contributed by atoms with van der Waals surface area (Å²) in [6.45, 7) is 0.731. The van der Waals surface area contributed by atoms with Crippen LogP contribution in [0, 0.1) is 0 Å². The molecule has 1 aliphatic heterocycles. The predicted molar refractivity (Wildman–Crippen MR) is 72.9 cm³/mol. The number of nitrogens with zero attached hydrogens (tertiary/aromatic N) is 2.